The van der Waals surface area contributed by atoms with Crippen molar-refractivity contribution in [3.05, 3.63) is 42.7 Å². The molecule has 0 spiro atoms. The summed E-state index contributed by atoms with van der Waals surface area (Å²) in [6, 6.07) is 11.1. The van der Waals surface area contributed by atoms with E-state index in [0.717, 1.165) is 69.1 Å². The lowest BCUT2D eigenvalue weighted by molar-refractivity contribution is -0.120. The molecule has 0 radical (unpaired) electrons. The van der Waals surface area contributed by atoms with Gasteiger partial charge in [-0.15, -0.1) is 15.3 Å². The summed E-state index contributed by atoms with van der Waals surface area (Å²) in [5.41, 5.74) is 2.18. The number of piperidine rings is 1. The van der Waals surface area contributed by atoms with E-state index in [1.54, 1.807) is 10.8 Å². The van der Waals surface area contributed by atoms with E-state index in [0.29, 0.717) is 5.65 Å². The number of carbonyl (C=O) groups is 2. The molecule has 2 aliphatic rings. The molecule has 2 N–H and O–H groups in total. The molecule has 10 nitrogen and oxygen atoms in total. The van der Waals surface area contributed by atoms with E-state index in [1.807, 2.05) is 41.3 Å². The van der Waals surface area contributed by atoms with Gasteiger partial charge in [0.1, 0.15) is 12.1 Å². The Morgan fingerprint density at radius 2 is 1.50 bits per heavy atom. The van der Waals surface area contributed by atoms with Crippen molar-refractivity contribution in [1.82, 2.24) is 24.7 Å². The van der Waals surface area contributed by atoms with E-state index >= 15 is 0 Å². The molecule has 0 bridgehead atoms. The molecule has 2 aliphatic heterocycles. The normalized spacial score (nSPS) is 17.4. The molecule has 4 heterocycles. The van der Waals surface area contributed by atoms with Crippen LogP contribution >= 0.6 is 0 Å². The fourth-order valence-electron chi connectivity index (χ4n) is 4.62. The number of benzene rings is 1. The average molecular weight is 463 g/mol. The number of rotatable bonds is 4. The number of nitrogens with zero attached hydrogens (tertiary/aromatic N) is 6. The van der Waals surface area contributed by atoms with Crippen LogP contribution in [0.4, 0.5) is 22.0 Å². The van der Waals surface area contributed by atoms with Gasteiger partial charge in [-0.3, -0.25) is 4.79 Å². The molecule has 0 unspecified atom stereocenters. The third kappa shape index (κ3) is 5.11. The first-order valence-electron chi connectivity index (χ1n) is 12.0. The highest BCUT2D eigenvalue weighted by atomic mass is 16.2. The highest BCUT2D eigenvalue weighted by Crippen LogP contribution is 2.24. The summed E-state index contributed by atoms with van der Waals surface area (Å²) < 4.78 is 1.66. The molecule has 34 heavy (non-hydrogen) atoms. The zero-order valence-corrected chi connectivity index (χ0v) is 19.2. The van der Waals surface area contributed by atoms with Crippen molar-refractivity contribution in [2.75, 3.05) is 41.7 Å². The summed E-state index contributed by atoms with van der Waals surface area (Å²) in [4.78, 5) is 29.4. The lowest BCUT2D eigenvalue weighted by atomic mass is 9.96. The predicted molar refractivity (Wildman–Crippen MR) is 130 cm³/mol. The number of aromatic nitrogens is 4. The second-order valence-corrected chi connectivity index (χ2v) is 8.98. The van der Waals surface area contributed by atoms with Crippen molar-refractivity contribution >= 4 is 34.8 Å². The van der Waals surface area contributed by atoms with Gasteiger partial charge in [-0.2, -0.15) is 4.52 Å². The van der Waals surface area contributed by atoms with Crippen LogP contribution < -0.4 is 15.5 Å². The lowest BCUT2D eigenvalue weighted by Crippen LogP contribution is -2.38. The van der Waals surface area contributed by atoms with E-state index < -0.39 is 0 Å². The summed E-state index contributed by atoms with van der Waals surface area (Å²) in [5.74, 6) is 0.851. The van der Waals surface area contributed by atoms with Crippen molar-refractivity contribution < 1.29 is 9.59 Å². The number of nitrogens with one attached hydrogen (secondary N) is 2. The largest absolute Gasteiger partial charge is 0.355 e. The summed E-state index contributed by atoms with van der Waals surface area (Å²) in [5, 5.41) is 18.4. The average Bonchev–Trinajstić information content (AvgIpc) is 3.16. The molecule has 2 fully saturated rings. The second kappa shape index (κ2) is 10.1. The van der Waals surface area contributed by atoms with Crippen molar-refractivity contribution in [3.8, 4) is 0 Å². The standard InChI is InChI=1S/C24H30N8O2/c33-23(18-11-15-30(16-12-18)22-10-9-21-28-25-17-32(21)29-22)26-19-5-7-20(8-6-19)27-24(34)31-13-3-1-2-4-14-31/h5-10,17-18H,1-4,11-16H2,(H,26,33)(H,27,34). The van der Waals surface area contributed by atoms with Gasteiger partial charge in [0, 0.05) is 43.5 Å². The van der Waals surface area contributed by atoms with Crippen LogP contribution in [0.1, 0.15) is 38.5 Å². The number of carbonyl (C=O) groups excluding carboxylic acids is 2. The number of hydrogen-bond acceptors (Lipinski definition) is 6. The molecule has 1 aromatic carbocycles. The van der Waals surface area contributed by atoms with Gasteiger partial charge in [-0.1, -0.05) is 12.8 Å². The lowest BCUT2D eigenvalue weighted by Gasteiger charge is -2.32. The van der Waals surface area contributed by atoms with Crippen LogP contribution in [0.25, 0.3) is 5.65 Å². The fourth-order valence-corrected chi connectivity index (χ4v) is 4.62. The van der Waals surface area contributed by atoms with Gasteiger partial charge in [0.25, 0.3) is 0 Å². The van der Waals surface area contributed by atoms with E-state index in [2.05, 4.69) is 30.8 Å². The topological polar surface area (TPSA) is 108 Å². The van der Waals surface area contributed by atoms with Gasteiger partial charge in [0.2, 0.25) is 5.91 Å². The fraction of sp³-hybridized carbons (Fsp3) is 0.458. The van der Waals surface area contributed by atoms with Gasteiger partial charge in [-0.05, 0) is 62.1 Å². The van der Waals surface area contributed by atoms with Crippen molar-refractivity contribution in [2.24, 2.45) is 5.92 Å². The summed E-state index contributed by atoms with van der Waals surface area (Å²) in [6.07, 6.45) is 7.61. The molecule has 5 rings (SSSR count). The number of urea groups is 1. The maximum absolute atomic E-state index is 12.8. The van der Waals surface area contributed by atoms with Gasteiger partial charge >= 0.3 is 6.03 Å². The Kier molecular flexibility index (Phi) is 6.55. The van der Waals surface area contributed by atoms with Crippen molar-refractivity contribution in [3.63, 3.8) is 0 Å². The van der Waals surface area contributed by atoms with Crippen LogP contribution in [0.15, 0.2) is 42.7 Å². The summed E-state index contributed by atoms with van der Waals surface area (Å²) in [6.45, 7) is 3.15. The SMILES string of the molecule is O=C(Nc1ccc(NC(=O)N2CCCCCC2)cc1)C1CCN(c2ccc3nncn3n2)CC1. The highest BCUT2D eigenvalue weighted by molar-refractivity contribution is 5.93. The smallest absolute Gasteiger partial charge is 0.321 e. The molecular formula is C24H30N8O2. The molecule has 2 aromatic heterocycles. The quantitative estimate of drug-likeness (QED) is 0.615. The molecule has 0 saturated carbocycles. The third-order valence-electron chi connectivity index (χ3n) is 6.63. The third-order valence-corrected chi connectivity index (χ3v) is 6.63. The Hall–Kier alpha value is -3.69. The monoisotopic (exact) mass is 462 g/mol. The molecular weight excluding hydrogens is 432 g/mol. The van der Waals surface area contributed by atoms with Gasteiger partial charge < -0.3 is 20.4 Å². The summed E-state index contributed by atoms with van der Waals surface area (Å²) in [7, 11) is 0. The van der Waals surface area contributed by atoms with Crippen molar-refractivity contribution in [2.45, 2.75) is 38.5 Å². The Morgan fingerprint density at radius 1 is 0.824 bits per heavy atom. The second-order valence-electron chi connectivity index (χ2n) is 8.98. The van der Waals surface area contributed by atoms with E-state index in [1.165, 1.54) is 12.8 Å². The Labute approximate surface area is 198 Å². The number of amides is 3. The van der Waals surface area contributed by atoms with Crippen LogP contribution in [0.2, 0.25) is 0 Å². The Balaban J connectivity index is 1.11. The number of hydrogen-bond donors (Lipinski definition) is 2. The van der Waals surface area contributed by atoms with Crippen LogP contribution in [-0.2, 0) is 4.79 Å². The van der Waals surface area contributed by atoms with Crippen molar-refractivity contribution in [1.29, 1.82) is 0 Å². The number of likely N-dealkylation sites (tertiary alicyclic amines) is 1. The Bertz CT molecular complexity index is 1130. The van der Waals surface area contributed by atoms with Gasteiger partial charge in [-0.25, -0.2) is 4.79 Å². The van der Waals surface area contributed by atoms with Crippen LogP contribution in [0, 0.1) is 5.92 Å². The molecule has 3 aromatic rings. The molecule has 0 aliphatic carbocycles. The Morgan fingerprint density at radius 3 is 2.21 bits per heavy atom. The zero-order valence-electron chi connectivity index (χ0n) is 19.2. The zero-order chi connectivity index (χ0) is 23.3. The first-order valence-corrected chi connectivity index (χ1v) is 12.0. The summed E-state index contributed by atoms with van der Waals surface area (Å²) >= 11 is 0. The first kappa shape index (κ1) is 22.1. The van der Waals surface area contributed by atoms with Crippen LogP contribution in [0.3, 0.4) is 0 Å². The molecule has 3 amide bonds. The molecule has 10 heteroatoms. The minimum absolute atomic E-state index is 0.0308. The minimum Gasteiger partial charge on any atom is -0.355 e. The van der Waals surface area contributed by atoms with E-state index in [-0.39, 0.29) is 17.9 Å². The highest BCUT2D eigenvalue weighted by Gasteiger charge is 2.26. The molecule has 2 saturated heterocycles. The maximum atomic E-state index is 12.8. The van der Waals surface area contributed by atoms with E-state index in [4.69, 9.17) is 0 Å². The number of fused-ring (bicyclic) bond motifs is 1. The maximum Gasteiger partial charge on any atom is 0.321 e. The predicted octanol–water partition coefficient (Wildman–Crippen LogP) is 3.39. The molecule has 178 valence electrons. The van der Waals surface area contributed by atoms with Gasteiger partial charge in [0.15, 0.2) is 5.65 Å². The van der Waals surface area contributed by atoms with Crippen LogP contribution in [0.5, 0.6) is 0 Å². The van der Waals surface area contributed by atoms with Crippen LogP contribution in [-0.4, -0.2) is 62.8 Å². The molecule has 0 atom stereocenters. The van der Waals surface area contributed by atoms with Gasteiger partial charge in [0.05, 0.1) is 0 Å². The number of anilines is 3. The first-order chi connectivity index (χ1) is 16.7. The minimum atomic E-state index is -0.0524. The van der Waals surface area contributed by atoms with E-state index in [9.17, 15) is 9.59 Å².